The maximum absolute atomic E-state index is 4.13. The van der Waals surface area contributed by atoms with Crippen LogP contribution in [0, 0.1) is 0 Å². The molecule has 0 bridgehead atoms. The fourth-order valence-electron chi connectivity index (χ4n) is 1.11. The van der Waals surface area contributed by atoms with Crippen LogP contribution in [0.25, 0.3) is 11.4 Å². The van der Waals surface area contributed by atoms with Gasteiger partial charge in [-0.15, -0.1) is 5.10 Å². The molecule has 0 saturated carbocycles. The molecule has 1 N–H and O–H groups in total. The summed E-state index contributed by atoms with van der Waals surface area (Å²) in [5.41, 5.74) is 2.77. The van der Waals surface area contributed by atoms with Gasteiger partial charge >= 0.3 is 0 Å². The van der Waals surface area contributed by atoms with Crippen molar-refractivity contribution in [3.8, 4) is 11.4 Å². The Balaban J connectivity index is 2.36. The summed E-state index contributed by atoms with van der Waals surface area (Å²) in [5.74, 6) is 0. The van der Waals surface area contributed by atoms with E-state index in [0.717, 1.165) is 23.5 Å². The van der Waals surface area contributed by atoms with E-state index in [1.165, 1.54) is 0 Å². The van der Waals surface area contributed by atoms with E-state index in [-0.39, 0.29) is 0 Å². The lowest BCUT2D eigenvalue weighted by molar-refractivity contribution is 0.968. The Morgan fingerprint density at radius 3 is 2.92 bits per heavy atom. The van der Waals surface area contributed by atoms with E-state index < -0.39 is 0 Å². The molecule has 13 heavy (non-hydrogen) atoms. The summed E-state index contributed by atoms with van der Waals surface area (Å²) in [7, 11) is 0. The fourth-order valence-corrected chi connectivity index (χ4v) is 1.11. The molecule has 2 aromatic heterocycles. The zero-order valence-electron chi connectivity index (χ0n) is 7.36. The molecule has 0 aliphatic rings. The van der Waals surface area contributed by atoms with Crippen molar-refractivity contribution < 1.29 is 0 Å². The van der Waals surface area contributed by atoms with Gasteiger partial charge in [0.15, 0.2) is 0 Å². The van der Waals surface area contributed by atoms with E-state index in [1.807, 2.05) is 18.2 Å². The summed E-state index contributed by atoms with van der Waals surface area (Å²) in [6.45, 7) is 2.08. The number of aromatic nitrogens is 4. The van der Waals surface area contributed by atoms with Crippen molar-refractivity contribution in [1.82, 2.24) is 20.4 Å². The minimum absolute atomic E-state index is 0.804. The predicted molar refractivity (Wildman–Crippen MR) is 49.0 cm³/mol. The van der Waals surface area contributed by atoms with Crippen molar-refractivity contribution in [1.29, 1.82) is 0 Å². The molecule has 2 aromatic rings. The van der Waals surface area contributed by atoms with E-state index in [4.69, 9.17) is 0 Å². The Bertz CT molecular complexity index is 380. The number of nitrogens with zero attached hydrogens (tertiary/aromatic N) is 3. The van der Waals surface area contributed by atoms with E-state index in [1.54, 1.807) is 6.20 Å². The van der Waals surface area contributed by atoms with Crippen LogP contribution < -0.4 is 0 Å². The van der Waals surface area contributed by atoms with Gasteiger partial charge in [-0.05, 0) is 24.6 Å². The first-order chi connectivity index (χ1) is 6.40. The lowest BCUT2D eigenvalue weighted by Crippen LogP contribution is -1.84. The van der Waals surface area contributed by atoms with Crippen LogP contribution in [0.2, 0.25) is 0 Å². The van der Waals surface area contributed by atoms with Crippen LogP contribution in [0.4, 0.5) is 0 Å². The zero-order valence-corrected chi connectivity index (χ0v) is 7.36. The molecule has 0 aromatic carbocycles. The van der Waals surface area contributed by atoms with Gasteiger partial charge in [-0.2, -0.15) is 10.2 Å². The molecule has 0 spiro atoms. The first kappa shape index (κ1) is 7.91. The average Bonchev–Trinajstić information content (AvgIpc) is 2.67. The quantitative estimate of drug-likeness (QED) is 0.749. The zero-order chi connectivity index (χ0) is 9.10. The summed E-state index contributed by atoms with van der Waals surface area (Å²) in [4.78, 5) is 0. The number of rotatable bonds is 2. The molecule has 4 nitrogen and oxygen atoms in total. The molecule has 0 fully saturated rings. The van der Waals surface area contributed by atoms with Crippen LogP contribution in [-0.2, 0) is 6.42 Å². The number of hydrogen-bond donors (Lipinski definition) is 1. The van der Waals surface area contributed by atoms with Gasteiger partial charge in [0.1, 0.15) is 11.4 Å². The van der Waals surface area contributed by atoms with Crippen LogP contribution in [0.15, 0.2) is 24.4 Å². The monoisotopic (exact) mass is 174 g/mol. The minimum atomic E-state index is 0.804. The smallest absolute Gasteiger partial charge is 0.113 e. The number of H-pyrrole nitrogens is 1. The topological polar surface area (TPSA) is 54.5 Å². The van der Waals surface area contributed by atoms with Crippen LogP contribution >= 0.6 is 0 Å². The van der Waals surface area contributed by atoms with Gasteiger partial charge in [-0.25, -0.2) is 0 Å². The van der Waals surface area contributed by atoms with Crippen molar-refractivity contribution in [2.75, 3.05) is 0 Å². The summed E-state index contributed by atoms with van der Waals surface area (Å²) in [6, 6.07) is 5.73. The Morgan fingerprint density at radius 2 is 2.31 bits per heavy atom. The van der Waals surface area contributed by atoms with Crippen LogP contribution in [0.3, 0.4) is 0 Å². The van der Waals surface area contributed by atoms with Gasteiger partial charge in [-0.1, -0.05) is 6.92 Å². The SMILES string of the molecule is CCc1cc(-c2cccnn2)n[nH]1. The second-order valence-electron chi connectivity index (χ2n) is 2.74. The summed E-state index contributed by atoms with van der Waals surface area (Å²) < 4.78 is 0. The molecule has 0 aliphatic carbocycles. The van der Waals surface area contributed by atoms with Crippen LogP contribution in [-0.4, -0.2) is 20.4 Å². The Kier molecular flexibility index (Phi) is 2.04. The van der Waals surface area contributed by atoms with Crippen LogP contribution in [0.1, 0.15) is 12.6 Å². The summed E-state index contributed by atoms with van der Waals surface area (Å²) >= 11 is 0. The third-order valence-corrected chi connectivity index (χ3v) is 1.85. The Labute approximate surface area is 76.0 Å². The first-order valence-corrected chi connectivity index (χ1v) is 4.22. The molecule has 0 radical (unpaired) electrons. The predicted octanol–water partition coefficient (Wildman–Crippen LogP) is 1.43. The highest BCUT2D eigenvalue weighted by Gasteiger charge is 2.02. The molecule has 2 heterocycles. The molecule has 4 heteroatoms. The first-order valence-electron chi connectivity index (χ1n) is 4.22. The Hall–Kier alpha value is -1.71. The molecule has 0 saturated heterocycles. The maximum Gasteiger partial charge on any atom is 0.113 e. The van der Waals surface area contributed by atoms with Gasteiger partial charge in [0.2, 0.25) is 0 Å². The number of aryl methyl sites for hydroxylation is 1. The normalized spacial score (nSPS) is 10.2. The number of aromatic amines is 1. The molecular weight excluding hydrogens is 164 g/mol. The molecule has 66 valence electrons. The van der Waals surface area contributed by atoms with Gasteiger partial charge < -0.3 is 0 Å². The standard InChI is InChI=1S/C9H10N4/c1-2-7-6-9(13-11-7)8-4-3-5-10-12-8/h3-6H,2H2,1H3,(H,11,13). The second kappa shape index (κ2) is 3.35. The highest BCUT2D eigenvalue weighted by Crippen LogP contribution is 2.13. The van der Waals surface area contributed by atoms with E-state index in [2.05, 4.69) is 27.3 Å². The lowest BCUT2D eigenvalue weighted by Gasteiger charge is -1.89. The average molecular weight is 174 g/mol. The fraction of sp³-hybridized carbons (Fsp3) is 0.222. The van der Waals surface area contributed by atoms with Crippen molar-refractivity contribution >= 4 is 0 Å². The number of hydrogen-bond acceptors (Lipinski definition) is 3. The highest BCUT2D eigenvalue weighted by molar-refractivity contribution is 5.52. The third-order valence-electron chi connectivity index (χ3n) is 1.85. The van der Waals surface area contributed by atoms with E-state index >= 15 is 0 Å². The summed E-state index contributed by atoms with van der Waals surface area (Å²) in [6.07, 6.45) is 2.60. The lowest BCUT2D eigenvalue weighted by atomic mass is 10.2. The van der Waals surface area contributed by atoms with Crippen molar-refractivity contribution in [2.24, 2.45) is 0 Å². The maximum atomic E-state index is 4.13. The summed E-state index contributed by atoms with van der Waals surface area (Å²) in [5, 5.41) is 14.8. The van der Waals surface area contributed by atoms with Crippen molar-refractivity contribution in [3.63, 3.8) is 0 Å². The van der Waals surface area contributed by atoms with Gasteiger partial charge in [0.25, 0.3) is 0 Å². The highest BCUT2D eigenvalue weighted by atomic mass is 15.1. The molecule has 0 amide bonds. The van der Waals surface area contributed by atoms with E-state index in [9.17, 15) is 0 Å². The molecule has 0 unspecified atom stereocenters. The van der Waals surface area contributed by atoms with Crippen molar-refractivity contribution in [3.05, 3.63) is 30.1 Å². The van der Waals surface area contributed by atoms with Gasteiger partial charge in [-0.3, -0.25) is 5.10 Å². The third kappa shape index (κ3) is 1.56. The van der Waals surface area contributed by atoms with Crippen LogP contribution in [0.5, 0.6) is 0 Å². The largest absolute Gasteiger partial charge is 0.282 e. The number of nitrogens with one attached hydrogen (secondary N) is 1. The Morgan fingerprint density at radius 1 is 1.38 bits per heavy atom. The molecule has 0 aliphatic heterocycles. The molecular formula is C9H10N4. The van der Waals surface area contributed by atoms with E-state index in [0.29, 0.717) is 0 Å². The van der Waals surface area contributed by atoms with Crippen molar-refractivity contribution in [2.45, 2.75) is 13.3 Å². The van der Waals surface area contributed by atoms with Gasteiger partial charge in [0.05, 0.1) is 0 Å². The van der Waals surface area contributed by atoms with Gasteiger partial charge in [0, 0.05) is 11.9 Å². The second-order valence-corrected chi connectivity index (χ2v) is 2.74. The minimum Gasteiger partial charge on any atom is -0.282 e. The molecule has 2 rings (SSSR count). The molecule has 0 atom stereocenters.